The monoisotopic (exact) mass is 404 g/mol. The number of benzene rings is 1. The van der Waals surface area contributed by atoms with E-state index in [1.807, 2.05) is 44.2 Å². The second-order valence-electron chi connectivity index (χ2n) is 7.29. The number of esters is 1. The van der Waals surface area contributed by atoms with E-state index in [0.29, 0.717) is 12.8 Å². The summed E-state index contributed by atoms with van der Waals surface area (Å²) in [5.41, 5.74) is 1.04. The van der Waals surface area contributed by atoms with Crippen LogP contribution in [0.2, 0.25) is 0 Å². The Hall–Kier alpha value is -2.70. The third-order valence-corrected chi connectivity index (χ3v) is 4.36. The summed E-state index contributed by atoms with van der Waals surface area (Å²) in [4.78, 5) is 48.9. The molecule has 7 nitrogen and oxygen atoms in total. The SMILES string of the molecule is CCOC(=O)C(=O)C(CC)NC(=O)[C@H](CC(C)C)NC(=O)CCc1ccccc1. The van der Waals surface area contributed by atoms with Crippen molar-refractivity contribution < 1.29 is 23.9 Å². The third kappa shape index (κ3) is 8.89. The number of Topliss-reactive ketones (excluding diaryl/α,β-unsaturated/α-hetero) is 1. The van der Waals surface area contributed by atoms with E-state index in [2.05, 4.69) is 10.6 Å². The molecular weight excluding hydrogens is 372 g/mol. The Balaban J connectivity index is 2.71. The lowest BCUT2D eigenvalue weighted by atomic mass is 10.0. The first kappa shape index (κ1) is 24.3. The summed E-state index contributed by atoms with van der Waals surface area (Å²) in [6.45, 7) is 7.27. The van der Waals surface area contributed by atoms with E-state index in [9.17, 15) is 19.2 Å². The van der Waals surface area contributed by atoms with Crippen LogP contribution in [0.3, 0.4) is 0 Å². The number of ketones is 1. The first-order valence-electron chi connectivity index (χ1n) is 10.1. The van der Waals surface area contributed by atoms with Gasteiger partial charge >= 0.3 is 5.97 Å². The fourth-order valence-electron chi connectivity index (χ4n) is 2.84. The van der Waals surface area contributed by atoms with Crippen LogP contribution in [0.15, 0.2) is 30.3 Å². The normalized spacial score (nSPS) is 12.7. The van der Waals surface area contributed by atoms with Crippen LogP contribution >= 0.6 is 0 Å². The largest absolute Gasteiger partial charge is 0.460 e. The average molecular weight is 405 g/mol. The highest BCUT2D eigenvalue weighted by molar-refractivity contribution is 6.36. The molecule has 1 rings (SSSR count). The molecule has 0 aromatic heterocycles. The topological polar surface area (TPSA) is 102 Å². The van der Waals surface area contributed by atoms with Gasteiger partial charge in [0.1, 0.15) is 6.04 Å². The van der Waals surface area contributed by atoms with Crippen molar-refractivity contribution >= 4 is 23.6 Å². The van der Waals surface area contributed by atoms with Gasteiger partial charge in [0, 0.05) is 6.42 Å². The summed E-state index contributed by atoms with van der Waals surface area (Å²) in [5.74, 6) is -2.31. The lowest BCUT2D eigenvalue weighted by Crippen LogP contribution is -2.53. The maximum Gasteiger partial charge on any atom is 0.376 e. The van der Waals surface area contributed by atoms with Crippen molar-refractivity contribution in [1.82, 2.24) is 10.6 Å². The van der Waals surface area contributed by atoms with E-state index in [1.165, 1.54) is 0 Å². The third-order valence-electron chi connectivity index (χ3n) is 4.36. The Morgan fingerprint density at radius 2 is 1.62 bits per heavy atom. The Kier molecular flexibility index (Phi) is 10.7. The van der Waals surface area contributed by atoms with Gasteiger partial charge in [-0.3, -0.25) is 14.4 Å². The lowest BCUT2D eigenvalue weighted by molar-refractivity contribution is -0.154. The summed E-state index contributed by atoms with van der Waals surface area (Å²) in [5, 5.41) is 5.35. The molecule has 7 heteroatoms. The van der Waals surface area contributed by atoms with Crippen LogP contribution in [-0.4, -0.2) is 42.3 Å². The van der Waals surface area contributed by atoms with Crippen LogP contribution in [-0.2, 0) is 30.3 Å². The van der Waals surface area contributed by atoms with Crippen molar-refractivity contribution in [2.75, 3.05) is 6.61 Å². The van der Waals surface area contributed by atoms with Crippen molar-refractivity contribution in [3.8, 4) is 0 Å². The molecule has 0 radical (unpaired) electrons. The predicted molar refractivity (Wildman–Crippen MR) is 110 cm³/mol. The number of hydrogen-bond acceptors (Lipinski definition) is 5. The van der Waals surface area contributed by atoms with Crippen molar-refractivity contribution in [3.63, 3.8) is 0 Å². The molecule has 0 spiro atoms. The molecule has 1 aromatic carbocycles. The number of carbonyl (C=O) groups excluding carboxylic acids is 4. The second kappa shape index (κ2) is 12.7. The van der Waals surface area contributed by atoms with Gasteiger partial charge in [0.25, 0.3) is 5.78 Å². The van der Waals surface area contributed by atoms with Crippen LogP contribution in [0.4, 0.5) is 0 Å². The van der Waals surface area contributed by atoms with E-state index >= 15 is 0 Å². The molecule has 0 aliphatic rings. The Morgan fingerprint density at radius 3 is 2.17 bits per heavy atom. The maximum atomic E-state index is 12.7. The zero-order valence-electron chi connectivity index (χ0n) is 17.7. The van der Waals surface area contributed by atoms with Crippen LogP contribution in [0.25, 0.3) is 0 Å². The Labute approximate surface area is 172 Å². The molecule has 0 fully saturated rings. The molecule has 160 valence electrons. The molecule has 0 aliphatic heterocycles. The van der Waals surface area contributed by atoms with Crippen LogP contribution in [0.5, 0.6) is 0 Å². The van der Waals surface area contributed by atoms with Crippen LogP contribution in [0.1, 0.15) is 52.5 Å². The second-order valence-corrected chi connectivity index (χ2v) is 7.29. The molecular formula is C22H32N2O5. The van der Waals surface area contributed by atoms with Gasteiger partial charge in [-0.1, -0.05) is 51.1 Å². The van der Waals surface area contributed by atoms with E-state index in [1.54, 1.807) is 13.8 Å². The maximum absolute atomic E-state index is 12.7. The molecule has 1 unspecified atom stereocenters. The zero-order valence-corrected chi connectivity index (χ0v) is 17.7. The lowest BCUT2D eigenvalue weighted by Gasteiger charge is -2.23. The van der Waals surface area contributed by atoms with Crippen molar-refractivity contribution in [2.45, 2.75) is 65.5 Å². The highest BCUT2D eigenvalue weighted by atomic mass is 16.5. The number of carbonyl (C=O) groups is 4. The number of hydrogen-bond donors (Lipinski definition) is 2. The van der Waals surface area contributed by atoms with Gasteiger partial charge in [-0.25, -0.2) is 4.79 Å². The zero-order chi connectivity index (χ0) is 21.8. The number of rotatable bonds is 12. The minimum Gasteiger partial charge on any atom is -0.460 e. The number of aryl methyl sites for hydroxylation is 1. The van der Waals surface area contributed by atoms with E-state index in [-0.39, 0.29) is 31.3 Å². The average Bonchev–Trinajstić information content (AvgIpc) is 2.69. The van der Waals surface area contributed by atoms with E-state index < -0.39 is 29.7 Å². The van der Waals surface area contributed by atoms with Crippen molar-refractivity contribution in [1.29, 1.82) is 0 Å². The molecule has 2 N–H and O–H groups in total. The first-order chi connectivity index (χ1) is 13.8. The summed E-state index contributed by atoms with van der Waals surface area (Å²) in [6, 6.07) is 7.87. The minimum atomic E-state index is -0.975. The highest BCUT2D eigenvalue weighted by Crippen LogP contribution is 2.08. The molecule has 0 saturated heterocycles. The van der Waals surface area contributed by atoms with Gasteiger partial charge in [0.2, 0.25) is 11.8 Å². The van der Waals surface area contributed by atoms with E-state index in [0.717, 1.165) is 5.56 Å². The molecule has 0 heterocycles. The van der Waals surface area contributed by atoms with Crippen molar-refractivity contribution in [2.24, 2.45) is 5.92 Å². The molecule has 0 aliphatic carbocycles. The summed E-state index contributed by atoms with van der Waals surface area (Å²) < 4.78 is 4.72. The summed E-state index contributed by atoms with van der Waals surface area (Å²) in [6.07, 6.45) is 1.50. The van der Waals surface area contributed by atoms with E-state index in [4.69, 9.17) is 4.74 Å². The predicted octanol–water partition coefficient (Wildman–Crippen LogP) is 2.18. The minimum absolute atomic E-state index is 0.0857. The van der Waals surface area contributed by atoms with Gasteiger partial charge in [-0.15, -0.1) is 0 Å². The molecule has 0 bridgehead atoms. The van der Waals surface area contributed by atoms with Crippen LogP contribution in [0, 0.1) is 5.92 Å². The van der Waals surface area contributed by atoms with Gasteiger partial charge in [0.15, 0.2) is 0 Å². The fraction of sp³-hybridized carbons (Fsp3) is 0.545. The molecule has 29 heavy (non-hydrogen) atoms. The molecule has 2 atom stereocenters. The van der Waals surface area contributed by atoms with Crippen LogP contribution < -0.4 is 10.6 Å². The fourth-order valence-corrected chi connectivity index (χ4v) is 2.84. The highest BCUT2D eigenvalue weighted by Gasteiger charge is 2.30. The van der Waals surface area contributed by atoms with Gasteiger partial charge in [0.05, 0.1) is 12.6 Å². The summed E-state index contributed by atoms with van der Waals surface area (Å²) >= 11 is 0. The smallest absolute Gasteiger partial charge is 0.376 e. The number of ether oxygens (including phenoxy) is 1. The molecule has 1 aromatic rings. The Morgan fingerprint density at radius 1 is 0.966 bits per heavy atom. The quantitative estimate of drug-likeness (QED) is 0.411. The molecule has 0 saturated carbocycles. The number of amides is 2. The van der Waals surface area contributed by atoms with Crippen molar-refractivity contribution in [3.05, 3.63) is 35.9 Å². The Bertz CT molecular complexity index is 688. The van der Waals surface area contributed by atoms with Gasteiger partial charge in [-0.2, -0.15) is 0 Å². The van der Waals surface area contributed by atoms with Gasteiger partial charge < -0.3 is 15.4 Å². The van der Waals surface area contributed by atoms with Gasteiger partial charge in [-0.05, 0) is 37.7 Å². The molecule has 2 amide bonds. The first-order valence-corrected chi connectivity index (χ1v) is 10.1. The summed E-state index contributed by atoms with van der Waals surface area (Å²) in [7, 11) is 0. The standard InChI is InChI=1S/C22H32N2O5/c1-5-17(20(26)22(28)29-6-2)24-21(27)18(14-15(3)4)23-19(25)13-12-16-10-8-7-9-11-16/h7-11,15,17-18H,5-6,12-14H2,1-4H3,(H,23,25)(H,24,27)/t17?,18-/m0/s1. The number of nitrogens with one attached hydrogen (secondary N) is 2.